The van der Waals surface area contributed by atoms with Crippen LogP contribution in [0.2, 0.25) is 0 Å². The van der Waals surface area contributed by atoms with E-state index in [1.807, 2.05) is 12.1 Å². The molecule has 0 aliphatic carbocycles. The van der Waals surface area contributed by atoms with Crippen molar-refractivity contribution in [1.29, 1.82) is 0 Å². The number of benzene rings is 1. The molecule has 0 amide bonds. The molecule has 14 heavy (non-hydrogen) atoms. The van der Waals surface area contributed by atoms with E-state index < -0.39 is 0 Å². The highest BCUT2D eigenvalue weighted by atomic mass is 35.5. The molecule has 0 heterocycles. The molecular formula is C12H17ClO. The second-order valence-electron chi connectivity index (χ2n) is 3.40. The van der Waals surface area contributed by atoms with Crippen molar-refractivity contribution in [2.75, 3.05) is 6.61 Å². The third-order valence-corrected chi connectivity index (χ3v) is 2.47. The van der Waals surface area contributed by atoms with Crippen LogP contribution in [0, 0.1) is 6.92 Å². The maximum atomic E-state index is 5.84. The van der Waals surface area contributed by atoms with Crippen molar-refractivity contribution in [2.24, 2.45) is 0 Å². The molecule has 0 spiro atoms. The summed E-state index contributed by atoms with van der Waals surface area (Å²) in [5.41, 5.74) is 2.25. The first-order chi connectivity index (χ1) is 6.79. The summed E-state index contributed by atoms with van der Waals surface area (Å²) in [6, 6.07) is 6.08. The lowest BCUT2D eigenvalue weighted by Crippen LogP contribution is -2.00. The number of hydrogen-bond donors (Lipinski definition) is 0. The van der Waals surface area contributed by atoms with E-state index in [1.54, 1.807) is 0 Å². The van der Waals surface area contributed by atoms with E-state index in [4.69, 9.17) is 16.3 Å². The van der Waals surface area contributed by atoms with Crippen LogP contribution >= 0.6 is 11.6 Å². The molecule has 0 N–H and O–H groups in total. The Morgan fingerprint density at radius 2 is 2.14 bits per heavy atom. The molecule has 0 aromatic heterocycles. The molecule has 0 fully saturated rings. The summed E-state index contributed by atoms with van der Waals surface area (Å²) in [5.74, 6) is 1.49. The molecule has 0 unspecified atom stereocenters. The quantitative estimate of drug-likeness (QED) is 0.531. The number of alkyl halides is 1. The van der Waals surface area contributed by atoms with Crippen molar-refractivity contribution in [3.05, 3.63) is 29.3 Å². The molecule has 1 nitrogen and oxygen atoms in total. The van der Waals surface area contributed by atoms with Crippen LogP contribution < -0.4 is 4.74 Å². The average molecular weight is 213 g/mol. The molecule has 1 aromatic carbocycles. The molecular weight excluding hydrogens is 196 g/mol. The number of halogens is 1. The molecule has 0 aliphatic rings. The van der Waals surface area contributed by atoms with Crippen LogP contribution in [-0.2, 0) is 5.88 Å². The van der Waals surface area contributed by atoms with E-state index in [1.165, 1.54) is 5.56 Å². The minimum atomic E-state index is 0.517. The normalized spacial score (nSPS) is 10.2. The van der Waals surface area contributed by atoms with Crippen molar-refractivity contribution in [3.8, 4) is 5.75 Å². The maximum Gasteiger partial charge on any atom is 0.126 e. The fourth-order valence-corrected chi connectivity index (χ4v) is 1.55. The zero-order valence-corrected chi connectivity index (χ0v) is 9.60. The Kier molecular flexibility index (Phi) is 4.81. The molecule has 1 rings (SSSR count). The van der Waals surface area contributed by atoms with Crippen LogP contribution in [0.5, 0.6) is 5.75 Å². The van der Waals surface area contributed by atoms with Crippen molar-refractivity contribution < 1.29 is 4.74 Å². The smallest absolute Gasteiger partial charge is 0.126 e. The second kappa shape index (κ2) is 5.92. The minimum absolute atomic E-state index is 0.517. The summed E-state index contributed by atoms with van der Waals surface area (Å²) in [7, 11) is 0. The Morgan fingerprint density at radius 3 is 2.79 bits per heavy atom. The van der Waals surface area contributed by atoms with Gasteiger partial charge in [-0.25, -0.2) is 0 Å². The number of rotatable bonds is 5. The van der Waals surface area contributed by atoms with Gasteiger partial charge < -0.3 is 4.74 Å². The van der Waals surface area contributed by atoms with Crippen molar-refractivity contribution in [2.45, 2.75) is 32.6 Å². The standard InChI is InChI=1S/C12H17ClO/c1-3-4-8-14-12-10(2)6-5-7-11(12)9-13/h5-7H,3-4,8-9H2,1-2H3. The largest absolute Gasteiger partial charge is 0.493 e. The summed E-state index contributed by atoms with van der Waals surface area (Å²) in [6.07, 6.45) is 2.25. The Morgan fingerprint density at radius 1 is 1.36 bits per heavy atom. The van der Waals surface area contributed by atoms with Gasteiger partial charge in [-0.05, 0) is 18.9 Å². The Balaban J connectivity index is 2.72. The van der Waals surface area contributed by atoms with Crippen LogP contribution in [0.4, 0.5) is 0 Å². The lowest BCUT2D eigenvalue weighted by molar-refractivity contribution is 0.305. The maximum absolute atomic E-state index is 5.84. The van der Waals surface area contributed by atoms with Gasteiger partial charge >= 0.3 is 0 Å². The van der Waals surface area contributed by atoms with Gasteiger partial charge in [0.2, 0.25) is 0 Å². The zero-order valence-electron chi connectivity index (χ0n) is 8.85. The lowest BCUT2D eigenvalue weighted by Gasteiger charge is -2.12. The zero-order chi connectivity index (χ0) is 10.4. The topological polar surface area (TPSA) is 9.23 Å². The van der Waals surface area contributed by atoms with Crippen LogP contribution in [0.3, 0.4) is 0 Å². The highest BCUT2D eigenvalue weighted by Gasteiger charge is 2.04. The monoisotopic (exact) mass is 212 g/mol. The summed E-state index contributed by atoms with van der Waals surface area (Å²) in [5, 5.41) is 0. The molecule has 0 saturated heterocycles. The van der Waals surface area contributed by atoms with E-state index in [-0.39, 0.29) is 0 Å². The lowest BCUT2D eigenvalue weighted by atomic mass is 10.1. The van der Waals surface area contributed by atoms with Gasteiger partial charge in [0.05, 0.1) is 12.5 Å². The summed E-state index contributed by atoms with van der Waals surface area (Å²) in [6.45, 7) is 4.99. The first kappa shape index (κ1) is 11.4. The second-order valence-corrected chi connectivity index (χ2v) is 3.67. The van der Waals surface area contributed by atoms with Crippen molar-refractivity contribution >= 4 is 11.6 Å². The number of unbranched alkanes of at least 4 members (excludes halogenated alkanes) is 1. The molecule has 0 atom stereocenters. The number of para-hydroxylation sites is 1. The molecule has 1 aromatic rings. The molecule has 0 bridgehead atoms. The predicted octanol–water partition coefficient (Wildman–Crippen LogP) is 3.91. The molecule has 2 heteroatoms. The molecule has 0 aliphatic heterocycles. The van der Waals surface area contributed by atoms with Gasteiger partial charge in [0.25, 0.3) is 0 Å². The van der Waals surface area contributed by atoms with Crippen LogP contribution in [0.1, 0.15) is 30.9 Å². The van der Waals surface area contributed by atoms with Gasteiger partial charge in [-0.2, -0.15) is 0 Å². The number of ether oxygens (including phenoxy) is 1. The summed E-state index contributed by atoms with van der Waals surface area (Å²) >= 11 is 5.84. The number of aryl methyl sites for hydroxylation is 1. The van der Waals surface area contributed by atoms with Gasteiger partial charge in [0, 0.05) is 5.56 Å². The van der Waals surface area contributed by atoms with E-state index in [2.05, 4.69) is 19.9 Å². The Bertz CT molecular complexity index is 284. The fraction of sp³-hybridized carbons (Fsp3) is 0.500. The molecule has 0 saturated carbocycles. The third-order valence-electron chi connectivity index (χ3n) is 2.18. The fourth-order valence-electron chi connectivity index (χ4n) is 1.34. The average Bonchev–Trinajstić information content (AvgIpc) is 2.20. The van der Waals surface area contributed by atoms with E-state index in [0.29, 0.717) is 5.88 Å². The van der Waals surface area contributed by atoms with Gasteiger partial charge in [-0.1, -0.05) is 31.5 Å². The summed E-state index contributed by atoms with van der Waals surface area (Å²) in [4.78, 5) is 0. The van der Waals surface area contributed by atoms with Crippen LogP contribution in [0.25, 0.3) is 0 Å². The first-order valence-corrected chi connectivity index (χ1v) is 5.60. The van der Waals surface area contributed by atoms with Gasteiger partial charge in [-0.15, -0.1) is 11.6 Å². The summed E-state index contributed by atoms with van der Waals surface area (Å²) < 4.78 is 5.71. The predicted molar refractivity (Wildman–Crippen MR) is 61.1 cm³/mol. The number of hydrogen-bond acceptors (Lipinski definition) is 1. The van der Waals surface area contributed by atoms with Crippen LogP contribution in [0.15, 0.2) is 18.2 Å². The van der Waals surface area contributed by atoms with Crippen molar-refractivity contribution in [3.63, 3.8) is 0 Å². The van der Waals surface area contributed by atoms with Gasteiger partial charge in [0.1, 0.15) is 5.75 Å². The highest BCUT2D eigenvalue weighted by Crippen LogP contribution is 2.24. The van der Waals surface area contributed by atoms with Crippen LogP contribution in [-0.4, -0.2) is 6.61 Å². The first-order valence-electron chi connectivity index (χ1n) is 5.06. The minimum Gasteiger partial charge on any atom is -0.493 e. The van der Waals surface area contributed by atoms with E-state index >= 15 is 0 Å². The third kappa shape index (κ3) is 2.91. The van der Waals surface area contributed by atoms with Gasteiger partial charge in [0.15, 0.2) is 0 Å². The highest BCUT2D eigenvalue weighted by molar-refractivity contribution is 6.17. The molecule has 0 radical (unpaired) electrons. The van der Waals surface area contributed by atoms with Gasteiger partial charge in [-0.3, -0.25) is 0 Å². The Labute approximate surface area is 91.0 Å². The van der Waals surface area contributed by atoms with E-state index in [0.717, 1.165) is 30.8 Å². The Hall–Kier alpha value is -0.690. The molecule has 78 valence electrons. The van der Waals surface area contributed by atoms with Crippen molar-refractivity contribution in [1.82, 2.24) is 0 Å². The SMILES string of the molecule is CCCCOc1c(C)cccc1CCl. The van der Waals surface area contributed by atoms with E-state index in [9.17, 15) is 0 Å².